The number of hydrogen-bond donors (Lipinski definition) is 0. The second-order valence-electron chi connectivity index (χ2n) is 1.97. The smallest absolute Gasteiger partial charge is 0.0968 e. The zero-order valence-corrected chi connectivity index (χ0v) is 6.02. The molecule has 0 aliphatic heterocycles. The molecule has 0 atom stereocenters. The maximum absolute atomic E-state index is 11.9. The molecular formula is C8H13F. The van der Waals surface area contributed by atoms with Crippen molar-refractivity contribution in [3.8, 4) is 0 Å². The van der Waals surface area contributed by atoms with Gasteiger partial charge in [-0.05, 0) is 19.4 Å². The van der Waals surface area contributed by atoms with Crippen LogP contribution < -0.4 is 0 Å². The van der Waals surface area contributed by atoms with Crippen molar-refractivity contribution in [3.63, 3.8) is 0 Å². The zero-order chi connectivity index (χ0) is 7.11. The highest BCUT2D eigenvalue weighted by atomic mass is 19.1. The van der Waals surface area contributed by atoms with Crippen LogP contribution in [-0.4, -0.2) is 0 Å². The van der Waals surface area contributed by atoms with E-state index in [4.69, 9.17) is 0 Å². The Kier molecular flexibility index (Phi) is 5.18. The van der Waals surface area contributed by atoms with E-state index in [0.717, 1.165) is 12.8 Å². The van der Waals surface area contributed by atoms with Gasteiger partial charge in [-0.25, -0.2) is 4.39 Å². The predicted molar refractivity (Wildman–Crippen MR) is 38.9 cm³/mol. The topological polar surface area (TPSA) is 0 Å². The van der Waals surface area contributed by atoms with Crippen LogP contribution in [-0.2, 0) is 0 Å². The van der Waals surface area contributed by atoms with Gasteiger partial charge in [0.05, 0.1) is 5.83 Å². The molecule has 0 aliphatic carbocycles. The van der Waals surface area contributed by atoms with Gasteiger partial charge in [0.15, 0.2) is 0 Å². The van der Waals surface area contributed by atoms with Crippen LogP contribution in [0, 0.1) is 0 Å². The molecule has 0 aliphatic rings. The van der Waals surface area contributed by atoms with Gasteiger partial charge in [-0.3, -0.25) is 0 Å². The van der Waals surface area contributed by atoms with Crippen LogP contribution in [0.5, 0.6) is 0 Å². The molecule has 52 valence electrons. The molecule has 0 rings (SSSR count). The molecule has 0 nitrogen and oxygen atoms in total. The maximum Gasteiger partial charge on any atom is 0.0968 e. The van der Waals surface area contributed by atoms with Crippen molar-refractivity contribution in [2.75, 3.05) is 0 Å². The first-order chi connectivity index (χ1) is 4.27. The lowest BCUT2D eigenvalue weighted by molar-refractivity contribution is 0.640. The average Bonchev–Trinajstić information content (AvgIpc) is 1.80. The molecule has 0 heterocycles. The van der Waals surface area contributed by atoms with Crippen LogP contribution >= 0.6 is 0 Å². The Balaban J connectivity index is 3.35. The molecule has 0 saturated carbocycles. The lowest BCUT2D eigenvalue weighted by Gasteiger charge is -1.80. The first-order valence-electron chi connectivity index (χ1n) is 3.26. The standard InChI is InChI=1S/C8H13F/c1-3-4-5-6-7-8(2)9/h5-7H,3-4H2,1-2H3/b6-5-,8-7+. The quantitative estimate of drug-likeness (QED) is 0.512. The number of hydrogen-bond acceptors (Lipinski definition) is 0. The second kappa shape index (κ2) is 5.54. The summed E-state index contributed by atoms with van der Waals surface area (Å²) in [5.74, 6) is -0.137. The fourth-order valence-electron chi connectivity index (χ4n) is 0.464. The lowest BCUT2D eigenvalue weighted by Crippen LogP contribution is -1.60. The van der Waals surface area contributed by atoms with Crippen LogP contribution in [0.25, 0.3) is 0 Å². The van der Waals surface area contributed by atoms with Gasteiger partial charge in [0.1, 0.15) is 0 Å². The molecule has 0 unspecified atom stereocenters. The Morgan fingerprint density at radius 3 is 2.67 bits per heavy atom. The van der Waals surface area contributed by atoms with Crippen LogP contribution in [0.1, 0.15) is 26.7 Å². The second-order valence-corrected chi connectivity index (χ2v) is 1.97. The minimum absolute atomic E-state index is 0.137. The lowest BCUT2D eigenvalue weighted by atomic mass is 10.3. The third-order valence-corrected chi connectivity index (χ3v) is 0.917. The minimum Gasteiger partial charge on any atom is -0.212 e. The fourth-order valence-corrected chi connectivity index (χ4v) is 0.464. The first-order valence-corrected chi connectivity index (χ1v) is 3.26. The fraction of sp³-hybridized carbons (Fsp3) is 0.500. The Morgan fingerprint density at radius 2 is 2.22 bits per heavy atom. The van der Waals surface area contributed by atoms with E-state index < -0.39 is 0 Å². The number of allylic oxidation sites excluding steroid dienone is 4. The van der Waals surface area contributed by atoms with Crippen molar-refractivity contribution in [1.82, 2.24) is 0 Å². The highest BCUT2D eigenvalue weighted by Gasteiger charge is 1.74. The summed E-state index contributed by atoms with van der Waals surface area (Å²) in [7, 11) is 0. The van der Waals surface area contributed by atoms with Gasteiger partial charge in [-0.15, -0.1) is 0 Å². The van der Waals surface area contributed by atoms with E-state index in [0.29, 0.717) is 0 Å². The molecule has 1 heteroatoms. The highest BCUT2D eigenvalue weighted by Crippen LogP contribution is 1.94. The molecule has 0 aromatic carbocycles. The SMILES string of the molecule is CCC/C=C\C=C(/C)F. The van der Waals surface area contributed by atoms with Crippen LogP contribution in [0.4, 0.5) is 4.39 Å². The van der Waals surface area contributed by atoms with Gasteiger partial charge < -0.3 is 0 Å². The summed E-state index contributed by atoms with van der Waals surface area (Å²) in [5.41, 5.74) is 0. The minimum atomic E-state index is -0.137. The molecule has 0 amide bonds. The molecule has 0 aromatic rings. The van der Waals surface area contributed by atoms with Crippen molar-refractivity contribution in [2.45, 2.75) is 26.7 Å². The molecule has 9 heavy (non-hydrogen) atoms. The third kappa shape index (κ3) is 7.41. The summed E-state index contributed by atoms with van der Waals surface area (Å²) in [6.07, 6.45) is 7.33. The van der Waals surface area contributed by atoms with E-state index in [2.05, 4.69) is 6.92 Å². The zero-order valence-electron chi connectivity index (χ0n) is 6.02. The molecular weight excluding hydrogens is 115 g/mol. The Morgan fingerprint density at radius 1 is 1.56 bits per heavy atom. The van der Waals surface area contributed by atoms with Crippen LogP contribution in [0.15, 0.2) is 24.1 Å². The van der Waals surface area contributed by atoms with Gasteiger partial charge in [0.2, 0.25) is 0 Å². The van der Waals surface area contributed by atoms with Gasteiger partial charge in [-0.2, -0.15) is 0 Å². The van der Waals surface area contributed by atoms with E-state index in [9.17, 15) is 4.39 Å². The van der Waals surface area contributed by atoms with E-state index in [1.165, 1.54) is 13.0 Å². The molecule has 0 spiro atoms. The molecule has 0 fully saturated rings. The summed E-state index contributed by atoms with van der Waals surface area (Å²) in [5, 5.41) is 0. The Bertz CT molecular complexity index is 108. The van der Waals surface area contributed by atoms with Crippen molar-refractivity contribution in [3.05, 3.63) is 24.1 Å². The molecule has 0 aromatic heterocycles. The summed E-state index contributed by atoms with van der Waals surface area (Å²) in [4.78, 5) is 0. The number of unbranched alkanes of at least 4 members (excludes halogenated alkanes) is 1. The highest BCUT2D eigenvalue weighted by molar-refractivity contribution is 5.04. The molecule has 0 bridgehead atoms. The van der Waals surface area contributed by atoms with Gasteiger partial charge in [-0.1, -0.05) is 25.5 Å². The molecule has 0 saturated heterocycles. The molecule has 0 N–H and O–H groups in total. The van der Waals surface area contributed by atoms with E-state index in [-0.39, 0.29) is 5.83 Å². The van der Waals surface area contributed by atoms with Gasteiger partial charge >= 0.3 is 0 Å². The van der Waals surface area contributed by atoms with Crippen molar-refractivity contribution >= 4 is 0 Å². The van der Waals surface area contributed by atoms with E-state index in [1.54, 1.807) is 6.08 Å². The Hall–Kier alpha value is -0.590. The summed E-state index contributed by atoms with van der Waals surface area (Å²) in [6.45, 7) is 3.53. The molecule has 0 radical (unpaired) electrons. The average molecular weight is 128 g/mol. The van der Waals surface area contributed by atoms with Crippen molar-refractivity contribution in [1.29, 1.82) is 0 Å². The summed E-state index contributed by atoms with van der Waals surface area (Å²) >= 11 is 0. The van der Waals surface area contributed by atoms with E-state index >= 15 is 0 Å². The normalized spacial score (nSPS) is 13.0. The monoisotopic (exact) mass is 128 g/mol. The number of rotatable bonds is 3. The number of halogens is 1. The van der Waals surface area contributed by atoms with Gasteiger partial charge in [0, 0.05) is 0 Å². The first kappa shape index (κ1) is 8.41. The van der Waals surface area contributed by atoms with Crippen molar-refractivity contribution < 1.29 is 4.39 Å². The third-order valence-electron chi connectivity index (χ3n) is 0.917. The van der Waals surface area contributed by atoms with E-state index in [1.807, 2.05) is 6.08 Å². The summed E-state index contributed by atoms with van der Waals surface area (Å²) in [6, 6.07) is 0. The van der Waals surface area contributed by atoms with Gasteiger partial charge in [0.25, 0.3) is 0 Å². The van der Waals surface area contributed by atoms with Crippen molar-refractivity contribution in [2.24, 2.45) is 0 Å². The van der Waals surface area contributed by atoms with Crippen LogP contribution in [0.3, 0.4) is 0 Å². The van der Waals surface area contributed by atoms with Crippen LogP contribution in [0.2, 0.25) is 0 Å². The predicted octanol–water partition coefficient (Wildman–Crippen LogP) is 3.22. The largest absolute Gasteiger partial charge is 0.212 e. The summed E-state index contributed by atoms with van der Waals surface area (Å²) < 4.78 is 11.9. The maximum atomic E-state index is 11.9. The Labute approximate surface area is 56.1 Å².